The fraction of sp³-hybridized carbons (Fsp3) is 0.250. The second kappa shape index (κ2) is 3.36. The summed E-state index contributed by atoms with van der Waals surface area (Å²) in [6.45, 7) is 1.18. The van der Waals surface area contributed by atoms with Gasteiger partial charge in [-0.05, 0) is 13.0 Å². The van der Waals surface area contributed by atoms with Gasteiger partial charge in [-0.2, -0.15) is 0 Å². The van der Waals surface area contributed by atoms with Crippen molar-refractivity contribution >= 4 is 5.69 Å². The lowest BCUT2D eigenvalue weighted by atomic mass is 10.2. The van der Waals surface area contributed by atoms with Crippen LogP contribution < -0.4 is 10.5 Å². The highest BCUT2D eigenvalue weighted by Crippen LogP contribution is 2.29. The van der Waals surface area contributed by atoms with Crippen molar-refractivity contribution in [1.82, 2.24) is 0 Å². The third kappa shape index (κ3) is 2.51. The molecule has 0 aliphatic carbocycles. The second-order valence-corrected chi connectivity index (χ2v) is 2.67. The van der Waals surface area contributed by atoms with Gasteiger partial charge in [0.25, 0.3) is 0 Å². The molecule has 0 amide bonds. The van der Waals surface area contributed by atoms with Crippen LogP contribution in [0.3, 0.4) is 0 Å². The van der Waals surface area contributed by atoms with Gasteiger partial charge < -0.3 is 10.5 Å². The number of hydrogen-bond acceptors (Lipinski definition) is 2. The zero-order valence-corrected chi connectivity index (χ0v) is 7.15. The van der Waals surface area contributed by atoms with Crippen LogP contribution in [0.4, 0.5) is 23.2 Å². The molecule has 0 heterocycles. The Morgan fingerprint density at radius 1 is 1.29 bits per heavy atom. The van der Waals surface area contributed by atoms with Crippen molar-refractivity contribution < 1.29 is 22.3 Å². The van der Waals surface area contributed by atoms with Crippen molar-refractivity contribution in [3.63, 3.8) is 0 Å². The fourth-order valence-electron chi connectivity index (χ4n) is 0.904. The van der Waals surface area contributed by atoms with Crippen LogP contribution in [0.1, 0.15) is 5.56 Å². The highest BCUT2D eigenvalue weighted by Gasteiger charge is 2.32. The van der Waals surface area contributed by atoms with Crippen LogP contribution in [0.15, 0.2) is 12.1 Å². The summed E-state index contributed by atoms with van der Waals surface area (Å²) >= 11 is 0. The first-order valence-corrected chi connectivity index (χ1v) is 3.61. The average molecular weight is 209 g/mol. The quantitative estimate of drug-likeness (QED) is 0.570. The molecule has 1 aromatic carbocycles. The Morgan fingerprint density at radius 2 is 1.86 bits per heavy atom. The number of rotatable bonds is 1. The number of anilines is 1. The molecular weight excluding hydrogens is 202 g/mol. The number of ether oxygens (including phenoxy) is 1. The summed E-state index contributed by atoms with van der Waals surface area (Å²) < 4.78 is 51.9. The van der Waals surface area contributed by atoms with Crippen molar-refractivity contribution in [2.75, 3.05) is 5.73 Å². The van der Waals surface area contributed by atoms with Crippen LogP contribution in [-0.2, 0) is 0 Å². The molecule has 1 rings (SSSR count). The van der Waals surface area contributed by atoms with E-state index in [-0.39, 0.29) is 11.3 Å². The lowest BCUT2D eigenvalue weighted by molar-refractivity contribution is -0.274. The van der Waals surface area contributed by atoms with Crippen LogP contribution in [-0.4, -0.2) is 6.36 Å². The van der Waals surface area contributed by atoms with Crippen LogP contribution in [0.5, 0.6) is 5.75 Å². The van der Waals surface area contributed by atoms with Gasteiger partial charge in [-0.15, -0.1) is 13.2 Å². The molecular formula is C8H7F4NO. The standard InChI is InChI=1S/C8H7F4NO/c1-4-6(9)2-5(13)3-7(4)14-8(10,11)12/h2-3H,13H2,1H3. The molecule has 6 heteroatoms. The minimum atomic E-state index is -4.84. The van der Waals surface area contributed by atoms with Gasteiger partial charge >= 0.3 is 6.36 Å². The third-order valence-electron chi connectivity index (χ3n) is 1.54. The summed E-state index contributed by atoms with van der Waals surface area (Å²) in [5.74, 6) is -1.45. The van der Waals surface area contributed by atoms with Crippen LogP contribution in [0, 0.1) is 12.7 Å². The van der Waals surface area contributed by atoms with Crippen molar-refractivity contribution in [3.05, 3.63) is 23.5 Å². The first kappa shape index (κ1) is 10.6. The molecule has 0 aliphatic rings. The first-order chi connectivity index (χ1) is 6.29. The van der Waals surface area contributed by atoms with E-state index < -0.39 is 17.9 Å². The molecule has 0 radical (unpaired) electrons. The topological polar surface area (TPSA) is 35.2 Å². The van der Waals surface area contributed by atoms with E-state index in [9.17, 15) is 17.6 Å². The minimum absolute atomic E-state index is 0.118. The van der Waals surface area contributed by atoms with Crippen LogP contribution >= 0.6 is 0 Å². The molecule has 2 nitrogen and oxygen atoms in total. The van der Waals surface area contributed by atoms with Gasteiger partial charge in [0.05, 0.1) is 0 Å². The first-order valence-electron chi connectivity index (χ1n) is 3.61. The Labute approximate surface area is 77.3 Å². The third-order valence-corrected chi connectivity index (χ3v) is 1.54. The molecule has 0 saturated heterocycles. The monoisotopic (exact) mass is 209 g/mol. The number of benzene rings is 1. The maximum atomic E-state index is 12.9. The van der Waals surface area contributed by atoms with E-state index in [4.69, 9.17) is 5.73 Å². The minimum Gasteiger partial charge on any atom is -0.405 e. The lowest BCUT2D eigenvalue weighted by Gasteiger charge is -2.12. The van der Waals surface area contributed by atoms with Gasteiger partial charge in [-0.25, -0.2) is 4.39 Å². The maximum Gasteiger partial charge on any atom is 0.573 e. The predicted molar refractivity (Wildman–Crippen MR) is 42.2 cm³/mol. The second-order valence-electron chi connectivity index (χ2n) is 2.67. The lowest BCUT2D eigenvalue weighted by Crippen LogP contribution is -2.18. The smallest absolute Gasteiger partial charge is 0.405 e. The summed E-state index contributed by atoms with van der Waals surface area (Å²) in [7, 11) is 0. The Hall–Kier alpha value is -1.46. The molecule has 1 aromatic rings. The Kier molecular flexibility index (Phi) is 2.55. The molecule has 0 aliphatic heterocycles. The average Bonchev–Trinajstić information content (AvgIpc) is 1.96. The Bertz CT molecular complexity index is 348. The maximum absolute atomic E-state index is 12.9. The SMILES string of the molecule is Cc1c(F)cc(N)cc1OC(F)(F)F. The Morgan fingerprint density at radius 3 is 2.36 bits per heavy atom. The van der Waals surface area contributed by atoms with Gasteiger partial charge in [0.2, 0.25) is 0 Å². The molecule has 0 spiro atoms. The van der Waals surface area contributed by atoms with Gasteiger partial charge in [0.1, 0.15) is 11.6 Å². The van der Waals surface area contributed by atoms with Gasteiger partial charge in [-0.3, -0.25) is 0 Å². The van der Waals surface area contributed by atoms with Gasteiger partial charge in [-0.1, -0.05) is 0 Å². The molecule has 78 valence electrons. The van der Waals surface area contributed by atoms with Crippen LogP contribution in [0.25, 0.3) is 0 Å². The Balaban J connectivity index is 3.09. The van der Waals surface area contributed by atoms with E-state index in [2.05, 4.69) is 4.74 Å². The zero-order chi connectivity index (χ0) is 10.9. The number of halogens is 4. The summed E-state index contributed by atoms with van der Waals surface area (Å²) in [5, 5.41) is 0. The molecule has 0 atom stereocenters. The van der Waals surface area contributed by atoms with E-state index in [1.165, 1.54) is 6.92 Å². The fourth-order valence-corrected chi connectivity index (χ4v) is 0.904. The van der Waals surface area contributed by atoms with E-state index in [0.717, 1.165) is 12.1 Å². The summed E-state index contributed by atoms with van der Waals surface area (Å²) in [5.41, 5.74) is 4.82. The molecule has 0 fully saturated rings. The molecule has 14 heavy (non-hydrogen) atoms. The van der Waals surface area contributed by atoms with E-state index in [1.54, 1.807) is 0 Å². The number of nitrogens with two attached hydrogens (primary N) is 1. The van der Waals surface area contributed by atoms with E-state index in [1.807, 2.05) is 0 Å². The van der Waals surface area contributed by atoms with Crippen LogP contribution in [0.2, 0.25) is 0 Å². The highest BCUT2D eigenvalue weighted by molar-refractivity contribution is 5.48. The summed E-state index contributed by atoms with van der Waals surface area (Å²) in [6, 6.07) is 1.85. The molecule has 0 aromatic heterocycles. The number of alkyl halides is 3. The van der Waals surface area contributed by atoms with Crippen molar-refractivity contribution in [3.8, 4) is 5.75 Å². The van der Waals surface area contributed by atoms with Crippen molar-refractivity contribution in [2.24, 2.45) is 0 Å². The molecule has 2 N–H and O–H groups in total. The number of hydrogen-bond donors (Lipinski definition) is 1. The largest absolute Gasteiger partial charge is 0.573 e. The number of nitrogen functional groups attached to an aromatic ring is 1. The molecule has 0 bridgehead atoms. The zero-order valence-electron chi connectivity index (χ0n) is 7.15. The van der Waals surface area contributed by atoms with Crippen molar-refractivity contribution in [2.45, 2.75) is 13.3 Å². The van der Waals surface area contributed by atoms with E-state index >= 15 is 0 Å². The predicted octanol–water partition coefficient (Wildman–Crippen LogP) is 2.61. The van der Waals surface area contributed by atoms with Gasteiger partial charge in [0.15, 0.2) is 0 Å². The highest BCUT2D eigenvalue weighted by atomic mass is 19.4. The molecule has 0 unspecified atom stereocenters. The molecule has 0 saturated carbocycles. The normalized spacial score (nSPS) is 11.5. The van der Waals surface area contributed by atoms with Gasteiger partial charge in [0, 0.05) is 17.3 Å². The summed E-state index contributed by atoms with van der Waals surface area (Å²) in [4.78, 5) is 0. The van der Waals surface area contributed by atoms with Crippen molar-refractivity contribution in [1.29, 1.82) is 0 Å². The van der Waals surface area contributed by atoms with E-state index in [0.29, 0.717) is 0 Å². The summed E-state index contributed by atoms with van der Waals surface area (Å²) in [6.07, 6.45) is -4.84.